The van der Waals surface area contributed by atoms with Crippen molar-refractivity contribution >= 4 is 22.0 Å². The first kappa shape index (κ1) is 14.7. The Hall–Kier alpha value is -1.35. The van der Waals surface area contributed by atoms with Crippen LogP contribution in [0.3, 0.4) is 0 Å². The Kier molecular flexibility index (Phi) is 4.91. The number of primary sulfonamides is 1. The summed E-state index contributed by atoms with van der Waals surface area (Å²) in [5.41, 5.74) is 0. The van der Waals surface area contributed by atoms with Gasteiger partial charge in [-0.1, -0.05) is 0 Å². The van der Waals surface area contributed by atoms with Crippen molar-refractivity contribution < 1.29 is 23.1 Å². The van der Waals surface area contributed by atoms with Gasteiger partial charge in [0.1, 0.15) is 6.04 Å². The van der Waals surface area contributed by atoms with Crippen molar-refractivity contribution in [2.75, 3.05) is 18.8 Å². The lowest BCUT2D eigenvalue weighted by Gasteiger charge is -2.32. The van der Waals surface area contributed by atoms with E-state index in [2.05, 4.69) is 5.32 Å². The molecule has 1 atom stereocenters. The Bertz CT molecular complexity index is 422. The molecule has 0 radical (unpaired) electrons. The minimum atomic E-state index is -3.63. The molecule has 8 nitrogen and oxygen atoms in total. The molecule has 0 aromatic rings. The van der Waals surface area contributed by atoms with Gasteiger partial charge in [0.25, 0.3) is 0 Å². The number of likely N-dealkylation sites (tertiary alicyclic amines) is 1. The number of hydrogen-bond donors (Lipinski definition) is 3. The molecule has 0 saturated carbocycles. The smallest absolute Gasteiger partial charge is 0.326 e. The van der Waals surface area contributed by atoms with Crippen LogP contribution < -0.4 is 10.5 Å². The third-order valence-electron chi connectivity index (χ3n) is 2.71. The number of urea groups is 1. The van der Waals surface area contributed by atoms with E-state index in [9.17, 15) is 18.0 Å². The number of carbonyl (C=O) groups is 2. The largest absolute Gasteiger partial charge is 0.480 e. The van der Waals surface area contributed by atoms with Crippen LogP contribution in [0.5, 0.6) is 0 Å². The number of nitrogens with one attached hydrogen (secondary N) is 1. The summed E-state index contributed by atoms with van der Waals surface area (Å²) in [6.07, 6.45) is 1.92. The number of sulfonamides is 1. The summed E-state index contributed by atoms with van der Waals surface area (Å²) < 4.78 is 21.4. The summed E-state index contributed by atoms with van der Waals surface area (Å²) in [6.45, 7) is 0.235. The minimum absolute atomic E-state index is 0.124. The summed E-state index contributed by atoms with van der Waals surface area (Å²) in [7, 11) is -3.63. The normalized spacial score (nSPS) is 20.5. The third-order valence-corrected chi connectivity index (χ3v) is 3.48. The molecule has 1 rings (SSSR count). The quantitative estimate of drug-likeness (QED) is 0.603. The second-order valence-corrected chi connectivity index (χ2v) is 5.88. The van der Waals surface area contributed by atoms with Gasteiger partial charge in [-0.2, -0.15) is 0 Å². The Morgan fingerprint density at radius 2 is 2.06 bits per heavy atom. The van der Waals surface area contributed by atoms with E-state index in [1.807, 2.05) is 0 Å². The van der Waals surface area contributed by atoms with Crippen molar-refractivity contribution in [1.82, 2.24) is 10.2 Å². The third kappa shape index (κ3) is 4.49. The van der Waals surface area contributed by atoms with Gasteiger partial charge >= 0.3 is 12.0 Å². The summed E-state index contributed by atoms with van der Waals surface area (Å²) in [4.78, 5) is 23.9. The lowest BCUT2D eigenvalue weighted by molar-refractivity contribution is -0.143. The van der Waals surface area contributed by atoms with Gasteiger partial charge in [0, 0.05) is 13.1 Å². The second-order valence-electron chi connectivity index (χ2n) is 4.14. The lowest BCUT2D eigenvalue weighted by Crippen LogP contribution is -2.52. The average Bonchev–Trinajstić information content (AvgIpc) is 2.27. The summed E-state index contributed by atoms with van der Waals surface area (Å²) >= 11 is 0. The van der Waals surface area contributed by atoms with Crippen LogP contribution in [0.2, 0.25) is 0 Å². The molecule has 1 aliphatic heterocycles. The van der Waals surface area contributed by atoms with Crippen molar-refractivity contribution in [1.29, 1.82) is 0 Å². The van der Waals surface area contributed by atoms with Gasteiger partial charge in [0.05, 0.1) is 5.75 Å². The van der Waals surface area contributed by atoms with Gasteiger partial charge in [0.15, 0.2) is 0 Å². The molecule has 1 aliphatic rings. The molecule has 0 aromatic carbocycles. The molecule has 0 aromatic heterocycles. The molecule has 0 spiro atoms. The van der Waals surface area contributed by atoms with Crippen molar-refractivity contribution in [3.05, 3.63) is 0 Å². The van der Waals surface area contributed by atoms with E-state index < -0.39 is 28.1 Å². The monoisotopic (exact) mass is 279 g/mol. The summed E-state index contributed by atoms with van der Waals surface area (Å²) in [5.74, 6) is -1.42. The van der Waals surface area contributed by atoms with Gasteiger partial charge in [-0.15, -0.1) is 0 Å². The molecule has 2 amide bonds. The molecule has 4 N–H and O–H groups in total. The van der Waals surface area contributed by atoms with Gasteiger partial charge in [-0.3, -0.25) is 0 Å². The van der Waals surface area contributed by atoms with Crippen molar-refractivity contribution in [3.63, 3.8) is 0 Å². The number of nitrogens with zero attached hydrogens (tertiary/aromatic N) is 1. The molecule has 1 unspecified atom stereocenters. The van der Waals surface area contributed by atoms with E-state index in [-0.39, 0.29) is 12.3 Å². The highest BCUT2D eigenvalue weighted by molar-refractivity contribution is 7.89. The van der Waals surface area contributed by atoms with Gasteiger partial charge in [-0.05, 0) is 19.3 Å². The molecule has 1 saturated heterocycles. The van der Waals surface area contributed by atoms with Crippen LogP contribution in [-0.4, -0.2) is 55.3 Å². The second kappa shape index (κ2) is 6.01. The Morgan fingerprint density at radius 3 is 2.61 bits per heavy atom. The average molecular weight is 279 g/mol. The molecular formula is C9H17N3O5S. The molecule has 18 heavy (non-hydrogen) atoms. The maximum absolute atomic E-state index is 11.7. The predicted molar refractivity (Wildman–Crippen MR) is 63.4 cm³/mol. The fourth-order valence-corrected chi connectivity index (χ4v) is 2.22. The highest BCUT2D eigenvalue weighted by Crippen LogP contribution is 2.17. The number of amides is 2. The number of carboxylic acids is 1. The van der Waals surface area contributed by atoms with E-state index in [1.165, 1.54) is 4.90 Å². The number of nitrogens with two attached hydrogens (primary N) is 1. The minimum Gasteiger partial charge on any atom is -0.480 e. The Balaban J connectivity index is 2.51. The number of carbonyl (C=O) groups excluding carboxylic acids is 1. The van der Waals surface area contributed by atoms with Crippen molar-refractivity contribution in [2.24, 2.45) is 5.14 Å². The fourth-order valence-electron chi connectivity index (χ4n) is 1.83. The number of rotatable bonds is 4. The van der Waals surface area contributed by atoms with E-state index in [4.69, 9.17) is 10.2 Å². The molecule has 1 heterocycles. The van der Waals surface area contributed by atoms with Crippen LogP contribution in [0, 0.1) is 0 Å². The first-order chi connectivity index (χ1) is 8.31. The molecule has 9 heteroatoms. The predicted octanol–water partition coefficient (Wildman–Crippen LogP) is -1.08. The zero-order valence-corrected chi connectivity index (χ0v) is 10.6. The lowest BCUT2D eigenvalue weighted by atomic mass is 10.0. The highest BCUT2D eigenvalue weighted by Gasteiger charge is 2.31. The first-order valence-corrected chi connectivity index (χ1v) is 7.30. The Labute approximate surface area is 105 Å². The number of hydrogen-bond acceptors (Lipinski definition) is 4. The number of aliphatic carboxylic acids is 1. The highest BCUT2D eigenvalue weighted by atomic mass is 32.2. The molecule has 0 bridgehead atoms. The van der Waals surface area contributed by atoms with Gasteiger partial charge in [-0.25, -0.2) is 23.1 Å². The first-order valence-electron chi connectivity index (χ1n) is 5.59. The molecule has 0 aliphatic carbocycles. The maximum atomic E-state index is 11.7. The van der Waals surface area contributed by atoms with E-state index in [0.29, 0.717) is 13.0 Å². The van der Waals surface area contributed by atoms with E-state index in [1.54, 1.807) is 0 Å². The Morgan fingerprint density at radius 1 is 1.39 bits per heavy atom. The SMILES string of the molecule is NS(=O)(=O)CCNC(=O)N1CCCCC1C(=O)O. The van der Waals surface area contributed by atoms with Gasteiger partial charge in [0.2, 0.25) is 10.0 Å². The van der Waals surface area contributed by atoms with Crippen LogP contribution in [-0.2, 0) is 14.8 Å². The maximum Gasteiger partial charge on any atom is 0.326 e. The van der Waals surface area contributed by atoms with Crippen molar-refractivity contribution in [3.8, 4) is 0 Å². The molecule has 104 valence electrons. The van der Waals surface area contributed by atoms with E-state index >= 15 is 0 Å². The summed E-state index contributed by atoms with van der Waals surface area (Å²) in [5, 5.41) is 16.1. The molecular weight excluding hydrogens is 262 g/mol. The van der Waals surface area contributed by atoms with Crippen LogP contribution in [0.25, 0.3) is 0 Å². The van der Waals surface area contributed by atoms with Crippen LogP contribution in [0.15, 0.2) is 0 Å². The van der Waals surface area contributed by atoms with Crippen molar-refractivity contribution in [2.45, 2.75) is 25.3 Å². The topological polar surface area (TPSA) is 130 Å². The zero-order chi connectivity index (χ0) is 13.8. The molecule has 1 fully saturated rings. The van der Waals surface area contributed by atoms with Crippen LogP contribution >= 0.6 is 0 Å². The zero-order valence-electron chi connectivity index (χ0n) is 9.83. The van der Waals surface area contributed by atoms with Crippen LogP contribution in [0.4, 0.5) is 4.79 Å². The number of piperidine rings is 1. The van der Waals surface area contributed by atoms with Gasteiger partial charge < -0.3 is 15.3 Å². The standard InChI is InChI=1S/C9H17N3O5S/c10-18(16,17)6-4-11-9(15)12-5-2-1-3-7(12)8(13)14/h7H,1-6H2,(H,11,15)(H,13,14)(H2,10,16,17). The van der Waals surface area contributed by atoms with E-state index in [0.717, 1.165) is 12.8 Å². The summed E-state index contributed by atoms with van der Waals surface area (Å²) in [6, 6.07) is -1.40. The number of carboxylic acid groups (broad SMARTS) is 1. The fraction of sp³-hybridized carbons (Fsp3) is 0.778. The van der Waals surface area contributed by atoms with Crippen LogP contribution in [0.1, 0.15) is 19.3 Å².